The quantitative estimate of drug-likeness (QED) is 0.732. The molecule has 0 bridgehead atoms. The summed E-state index contributed by atoms with van der Waals surface area (Å²) in [6, 6.07) is 0. The van der Waals surface area contributed by atoms with E-state index in [9.17, 15) is 13.2 Å². The molecule has 0 spiro atoms. The smallest absolute Gasteiger partial charge is 0.357 e. The molecule has 0 aliphatic carbocycles. The lowest BCUT2D eigenvalue weighted by atomic mass is 9.95. The van der Waals surface area contributed by atoms with Gasteiger partial charge in [-0.1, -0.05) is 0 Å². The summed E-state index contributed by atoms with van der Waals surface area (Å²) in [5.41, 5.74) is 0. The van der Waals surface area contributed by atoms with Crippen LogP contribution in [0.1, 0.15) is 19.3 Å². The molecule has 0 amide bonds. The Kier molecular flexibility index (Phi) is 6.22. The zero-order valence-corrected chi connectivity index (χ0v) is 10.2. The van der Waals surface area contributed by atoms with Crippen molar-refractivity contribution in [2.75, 3.05) is 40.0 Å². The summed E-state index contributed by atoms with van der Waals surface area (Å²) < 4.78 is 40.1. The molecule has 3 nitrogen and oxygen atoms in total. The average molecular weight is 254 g/mol. The second-order valence-corrected chi connectivity index (χ2v) is 4.65. The van der Waals surface area contributed by atoms with Gasteiger partial charge in [-0.3, -0.25) is 4.90 Å². The van der Waals surface area contributed by atoms with E-state index in [-0.39, 0.29) is 6.73 Å². The summed E-state index contributed by atoms with van der Waals surface area (Å²) in [4.78, 5) is 1.80. The molecule has 1 aliphatic rings. The van der Waals surface area contributed by atoms with Crippen LogP contribution in [0.3, 0.4) is 0 Å². The highest BCUT2D eigenvalue weighted by molar-refractivity contribution is 4.69. The van der Waals surface area contributed by atoms with Gasteiger partial charge < -0.3 is 10.1 Å². The number of ether oxygens (including phenoxy) is 1. The fourth-order valence-electron chi connectivity index (χ4n) is 1.96. The van der Waals surface area contributed by atoms with E-state index in [4.69, 9.17) is 0 Å². The highest BCUT2D eigenvalue weighted by Gasteiger charge is 2.27. The molecule has 1 rings (SSSR count). The third kappa shape index (κ3) is 7.57. The molecule has 1 heterocycles. The number of rotatable bonds is 6. The summed E-state index contributed by atoms with van der Waals surface area (Å²) in [5, 5.41) is 3.29. The normalized spacial score (nSPS) is 18.9. The fraction of sp³-hybridized carbons (Fsp3) is 1.00. The van der Waals surface area contributed by atoms with Crippen molar-refractivity contribution in [3.05, 3.63) is 0 Å². The number of alkyl halides is 3. The van der Waals surface area contributed by atoms with Crippen molar-refractivity contribution in [3.8, 4) is 0 Å². The van der Waals surface area contributed by atoms with Crippen LogP contribution in [0.5, 0.6) is 0 Å². The van der Waals surface area contributed by atoms with Crippen molar-refractivity contribution in [2.45, 2.75) is 25.4 Å². The van der Waals surface area contributed by atoms with Crippen LogP contribution < -0.4 is 5.32 Å². The number of halogens is 3. The van der Waals surface area contributed by atoms with E-state index in [1.54, 1.807) is 11.9 Å². The largest absolute Gasteiger partial charge is 0.411 e. The minimum Gasteiger partial charge on any atom is -0.357 e. The van der Waals surface area contributed by atoms with Crippen molar-refractivity contribution in [1.82, 2.24) is 10.2 Å². The molecule has 6 heteroatoms. The number of piperidine rings is 1. The van der Waals surface area contributed by atoms with Gasteiger partial charge in [0.15, 0.2) is 0 Å². The van der Waals surface area contributed by atoms with E-state index in [0.717, 1.165) is 38.9 Å². The van der Waals surface area contributed by atoms with E-state index in [1.807, 2.05) is 0 Å². The summed E-state index contributed by atoms with van der Waals surface area (Å²) in [6.45, 7) is 1.79. The second kappa shape index (κ2) is 7.18. The first kappa shape index (κ1) is 14.7. The van der Waals surface area contributed by atoms with Gasteiger partial charge in [0.25, 0.3) is 0 Å². The van der Waals surface area contributed by atoms with Gasteiger partial charge >= 0.3 is 6.18 Å². The lowest BCUT2D eigenvalue weighted by Crippen LogP contribution is -2.31. The minimum absolute atomic E-state index is 0.0461. The maximum absolute atomic E-state index is 11.8. The van der Waals surface area contributed by atoms with Crippen LogP contribution >= 0.6 is 0 Å². The highest BCUT2D eigenvalue weighted by atomic mass is 19.4. The predicted molar refractivity (Wildman–Crippen MR) is 59.7 cm³/mol. The van der Waals surface area contributed by atoms with Crippen LogP contribution in [0, 0.1) is 5.92 Å². The monoisotopic (exact) mass is 254 g/mol. The van der Waals surface area contributed by atoms with Crippen LogP contribution in [0.25, 0.3) is 0 Å². The topological polar surface area (TPSA) is 24.5 Å². The number of nitrogens with one attached hydrogen (secondary N) is 1. The summed E-state index contributed by atoms with van der Waals surface area (Å²) in [6.07, 6.45) is -0.863. The zero-order valence-electron chi connectivity index (χ0n) is 10.2. The van der Waals surface area contributed by atoms with Gasteiger partial charge in [-0.2, -0.15) is 13.2 Å². The van der Waals surface area contributed by atoms with Crippen molar-refractivity contribution in [1.29, 1.82) is 0 Å². The van der Waals surface area contributed by atoms with Gasteiger partial charge in [-0.25, -0.2) is 0 Å². The molecule has 0 saturated carbocycles. The van der Waals surface area contributed by atoms with Crippen LogP contribution in [0.2, 0.25) is 0 Å². The standard InChI is InChI=1S/C11H21F3N2O/c1-16(9-17-8-11(12,13)14)7-4-10-2-5-15-6-3-10/h10,15H,2-9H2,1H3. The SMILES string of the molecule is CN(CCC1CCNCC1)COCC(F)(F)F. The number of hydrogen-bond donors (Lipinski definition) is 1. The number of hydrogen-bond acceptors (Lipinski definition) is 3. The fourth-order valence-corrected chi connectivity index (χ4v) is 1.96. The molecular weight excluding hydrogens is 233 g/mol. The molecule has 17 heavy (non-hydrogen) atoms. The first-order valence-electron chi connectivity index (χ1n) is 6.01. The van der Waals surface area contributed by atoms with Gasteiger partial charge in [0.05, 0.1) is 6.73 Å². The molecule has 102 valence electrons. The maximum atomic E-state index is 11.8. The minimum atomic E-state index is -4.23. The van der Waals surface area contributed by atoms with Crippen LogP contribution in [0.4, 0.5) is 13.2 Å². The van der Waals surface area contributed by atoms with E-state index in [1.165, 1.54) is 0 Å². The average Bonchev–Trinajstić information content (AvgIpc) is 2.26. The molecule has 0 aromatic rings. The highest BCUT2D eigenvalue weighted by Crippen LogP contribution is 2.16. The first-order chi connectivity index (χ1) is 7.97. The molecule has 1 saturated heterocycles. The van der Waals surface area contributed by atoms with Crippen LogP contribution in [0.15, 0.2) is 0 Å². The van der Waals surface area contributed by atoms with Crippen molar-refractivity contribution < 1.29 is 17.9 Å². The second-order valence-electron chi connectivity index (χ2n) is 4.65. The molecule has 1 fully saturated rings. The van der Waals surface area contributed by atoms with E-state index in [0.29, 0.717) is 5.92 Å². The molecular formula is C11H21F3N2O. The number of nitrogens with zero attached hydrogens (tertiary/aromatic N) is 1. The van der Waals surface area contributed by atoms with E-state index in [2.05, 4.69) is 10.1 Å². The van der Waals surface area contributed by atoms with Gasteiger partial charge in [0.1, 0.15) is 6.61 Å². The lowest BCUT2D eigenvalue weighted by Gasteiger charge is -2.25. The lowest BCUT2D eigenvalue weighted by molar-refractivity contribution is -0.182. The molecule has 0 aromatic heterocycles. The van der Waals surface area contributed by atoms with Crippen molar-refractivity contribution in [2.24, 2.45) is 5.92 Å². The summed E-state index contributed by atoms with van der Waals surface area (Å²) in [5.74, 6) is 0.696. The van der Waals surface area contributed by atoms with Crippen molar-refractivity contribution >= 4 is 0 Å². The molecule has 0 radical (unpaired) electrons. The van der Waals surface area contributed by atoms with Crippen molar-refractivity contribution in [3.63, 3.8) is 0 Å². The molecule has 0 atom stereocenters. The summed E-state index contributed by atoms with van der Waals surface area (Å²) in [7, 11) is 1.79. The van der Waals surface area contributed by atoms with E-state index >= 15 is 0 Å². The molecule has 1 aliphatic heterocycles. The Balaban J connectivity index is 2.02. The van der Waals surface area contributed by atoms with Crippen LogP contribution in [-0.2, 0) is 4.74 Å². The molecule has 0 unspecified atom stereocenters. The van der Waals surface area contributed by atoms with Crippen LogP contribution in [-0.4, -0.2) is 51.1 Å². The maximum Gasteiger partial charge on any atom is 0.411 e. The summed E-state index contributed by atoms with van der Waals surface area (Å²) >= 11 is 0. The Morgan fingerprint density at radius 3 is 2.53 bits per heavy atom. The Labute approximate surface area is 100 Å². The first-order valence-corrected chi connectivity index (χ1v) is 6.01. The Morgan fingerprint density at radius 2 is 1.94 bits per heavy atom. The van der Waals surface area contributed by atoms with Gasteiger partial charge in [-0.15, -0.1) is 0 Å². The Morgan fingerprint density at radius 1 is 1.29 bits per heavy atom. The van der Waals surface area contributed by atoms with Gasteiger partial charge in [-0.05, 0) is 45.3 Å². The third-order valence-electron chi connectivity index (χ3n) is 2.96. The Bertz CT molecular complexity index is 205. The predicted octanol–water partition coefficient (Wildman–Crippen LogP) is 1.84. The zero-order chi connectivity index (χ0) is 12.7. The third-order valence-corrected chi connectivity index (χ3v) is 2.96. The molecule has 0 aromatic carbocycles. The molecule has 1 N–H and O–H groups in total. The Hall–Kier alpha value is -0.330. The van der Waals surface area contributed by atoms with Gasteiger partial charge in [0, 0.05) is 6.54 Å². The van der Waals surface area contributed by atoms with Gasteiger partial charge in [0.2, 0.25) is 0 Å². The van der Waals surface area contributed by atoms with E-state index < -0.39 is 12.8 Å².